The molecule has 0 aliphatic carbocycles. The van der Waals surface area contributed by atoms with E-state index in [-0.39, 0.29) is 17.6 Å². The molecular weight excluding hydrogens is 246 g/mol. The van der Waals surface area contributed by atoms with Crippen LogP contribution in [0.1, 0.15) is 23.3 Å². The van der Waals surface area contributed by atoms with Gasteiger partial charge in [-0.25, -0.2) is 9.78 Å². The van der Waals surface area contributed by atoms with Crippen LogP contribution in [0.25, 0.3) is 0 Å². The number of rotatable bonds is 3. The number of hydrogen-bond acceptors (Lipinski definition) is 4. The first-order valence-corrected chi connectivity index (χ1v) is 6.18. The van der Waals surface area contributed by atoms with Gasteiger partial charge in [-0.05, 0) is 25.0 Å². The van der Waals surface area contributed by atoms with Crippen molar-refractivity contribution in [3.63, 3.8) is 0 Å². The molecule has 2 heterocycles. The third-order valence-corrected chi connectivity index (χ3v) is 3.27. The molecule has 1 atom stereocenters. The fraction of sp³-hybridized carbons (Fsp3) is 0.462. The highest BCUT2D eigenvalue weighted by Crippen LogP contribution is 2.26. The van der Waals surface area contributed by atoms with Gasteiger partial charge in [0.25, 0.3) is 0 Å². The van der Waals surface area contributed by atoms with Crippen molar-refractivity contribution in [2.45, 2.75) is 18.9 Å². The Kier molecular flexibility index (Phi) is 3.69. The van der Waals surface area contributed by atoms with Crippen LogP contribution in [0.3, 0.4) is 0 Å². The summed E-state index contributed by atoms with van der Waals surface area (Å²) in [6.07, 6.45) is 3.19. The molecule has 19 heavy (non-hydrogen) atoms. The van der Waals surface area contributed by atoms with Crippen LogP contribution in [-0.2, 0) is 4.79 Å². The van der Waals surface area contributed by atoms with Crippen LogP contribution >= 0.6 is 0 Å². The number of aromatic nitrogens is 1. The highest BCUT2D eigenvalue weighted by atomic mass is 16.4. The second kappa shape index (κ2) is 5.26. The van der Waals surface area contributed by atoms with Crippen LogP contribution < -0.4 is 4.90 Å². The minimum absolute atomic E-state index is 0.000419. The normalized spacial score (nSPS) is 18.4. The van der Waals surface area contributed by atoms with Crippen molar-refractivity contribution in [2.75, 3.05) is 25.5 Å². The highest BCUT2D eigenvalue weighted by Gasteiger charge is 2.32. The first kappa shape index (κ1) is 13.3. The smallest absolute Gasteiger partial charge is 0.354 e. The molecule has 0 saturated carbocycles. The molecule has 0 aromatic carbocycles. The zero-order chi connectivity index (χ0) is 14.0. The monoisotopic (exact) mass is 263 g/mol. The summed E-state index contributed by atoms with van der Waals surface area (Å²) >= 11 is 0. The number of aromatic carboxylic acids is 1. The molecule has 1 aromatic rings. The summed E-state index contributed by atoms with van der Waals surface area (Å²) < 4.78 is 0. The Morgan fingerprint density at radius 3 is 2.84 bits per heavy atom. The molecule has 1 aromatic heterocycles. The first-order valence-electron chi connectivity index (χ1n) is 6.18. The Bertz CT molecular complexity index is 502. The van der Waals surface area contributed by atoms with E-state index in [4.69, 9.17) is 5.11 Å². The lowest BCUT2D eigenvalue weighted by Gasteiger charge is -2.28. The van der Waals surface area contributed by atoms with E-state index < -0.39 is 5.97 Å². The maximum Gasteiger partial charge on any atom is 0.354 e. The molecule has 1 aliphatic rings. The van der Waals surface area contributed by atoms with Gasteiger partial charge in [0, 0.05) is 32.5 Å². The molecule has 0 bridgehead atoms. The number of carboxylic acid groups (broad SMARTS) is 1. The van der Waals surface area contributed by atoms with Gasteiger partial charge in [-0.15, -0.1) is 0 Å². The second-order valence-corrected chi connectivity index (χ2v) is 4.79. The minimum atomic E-state index is -1.06. The number of carboxylic acids is 1. The average molecular weight is 263 g/mol. The molecule has 1 N–H and O–H groups in total. The van der Waals surface area contributed by atoms with Crippen molar-refractivity contribution in [1.29, 1.82) is 0 Å². The lowest BCUT2D eigenvalue weighted by Crippen LogP contribution is -2.42. The number of pyridine rings is 1. The molecule has 1 aliphatic heterocycles. The lowest BCUT2D eigenvalue weighted by atomic mass is 10.2. The number of amides is 1. The third kappa shape index (κ3) is 2.67. The fourth-order valence-electron chi connectivity index (χ4n) is 2.35. The molecule has 0 unspecified atom stereocenters. The Morgan fingerprint density at radius 2 is 2.21 bits per heavy atom. The van der Waals surface area contributed by atoms with Gasteiger partial charge in [-0.3, -0.25) is 4.79 Å². The zero-order valence-electron chi connectivity index (χ0n) is 11.0. The summed E-state index contributed by atoms with van der Waals surface area (Å²) in [5, 5.41) is 8.96. The number of hydrogen-bond donors (Lipinski definition) is 1. The zero-order valence-corrected chi connectivity index (χ0v) is 11.0. The third-order valence-electron chi connectivity index (χ3n) is 3.27. The van der Waals surface area contributed by atoms with Crippen LogP contribution in [0.15, 0.2) is 18.3 Å². The fourth-order valence-corrected chi connectivity index (χ4v) is 2.35. The summed E-state index contributed by atoms with van der Waals surface area (Å²) in [6, 6.07) is 3.05. The summed E-state index contributed by atoms with van der Waals surface area (Å²) in [4.78, 5) is 30.4. The number of nitrogens with zero attached hydrogens (tertiary/aromatic N) is 3. The molecule has 1 fully saturated rings. The van der Waals surface area contributed by atoms with Gasteiger partial charge < -0.3 is 14.9 Å². The van der Waals surface area contributed by atoms with E-state index in [0.29, 0.717) is 0 Å². The van der Waals surface area contributed by atoms with Gasteiger partial charge in [-0.1, -0.05) is 0 Å². The van der Waals surface area contributed by atoms with Crippen LogP contribution in [0.5, 0.6) is 0 Å². The van der Waals surface area contributed by atoms with E-state index in [1.54, 1.807) is 25.1 Å². The van der Waals surface area contributed by atoms with Crippen molar-refractivity contribution in [2.24, 2.45) is 0 Å². The molecule has 102 valence electrons. The first-order chi connectivity index (χ1) is 9.00. The second-order valence-electron chi connectivity index (χ2n) is 4.79. The van der Waals surface area contributed by atoms with E-state index in [0.717, 1.165) is 25.1 Å². The van der Waals surface area contributed by atoms with Gasteiger partial charge >= 0.3 is 5.97 Å². The molecule has 2 rings (SSSR count). The SMILES string of the molecule is CN(C)C(=O)[C@@H]1CCCN1c1ccnc(C(=O)O)c1. The summed E-state index contributed by atoms with van der Waals surface area (Å²) in [5.41, 5.74) is 0.741. The van der Waals surface area contributed by atoms with E-state index in [1.807, 2.05) is 4.90 Å². The van der Waals surface area contributed by atoms with Crippen LogP contribution in [0, 0.1) is 0 Å². The number of carbonyl (C=O) groups is 2. The molecule has 6 nitrogen and oxygen atoms in total. The van der Waals surface area contributed by atoms with Crippen molar-refractivity contribution in [3.05, 3.63) is 24.0 Å². The summed E-state index contributed by atoms with van der Waals surface area (Å²) in [6.45, 7) is 0.757. The maximum atomic E-state index is 12.1. The Balaban J connectivity index is 2.27. The van der Waals surface area contributed by atoms with Crippen molar-refractivity contribution in [1.82, 2.24) is 9.88 Å². The molecule has 0 radical (unpaired) electrons. The van der Waals surface area contributed by atoms with Crippen LogP contribution in [-0.4, -0.2) is 53.5 Å². The predicted octanol–water partition coefficient (Wildman–Crippen LogP) is 0.837. The molecule has 0 spiro atoms. The van der Waals surface area contributed by atoms with E-state index in [1.165, 1.54) is 12.3 Å². The number of carbonyl (C=O) groups excluding carboxylic acids is 1. The summed E-state index contributed by atoms with van der Waals surface area (Å²) in [7, 11) is 3.46. The Hall–Kier alpha value is -2.11. The quantitative estimate of drug-likeness (QED) is 0.874. The molecular formula is C13H17N3O3. The minimum Gasteiger partial charge on any atom is -0.477 e. The van der Waals surface area contributed by atoms with Crippen molar-refractivity contribution >= 4 is 17.6 Å². The average Bonchev–Trinajstić information content (AvgIpc) is 2.86. The molecule has 1 amide bonds. The highest BCUT2D eigenvalue weighted by molar-refractivity contribution is 5.88. The van der Waals surface area contributed by atoms with E-state index in [9.17, 15) is 9.59 Å². The standard InChI is InChI=1S/C13H17N3O3/c1-15(2)12(17)11-4-3-7-16(11)9-5-6-14-10(8-9)13(18)19/h5-6,8,11H,3-4,7H2,1-2H3,(H,18,19)/t11-/m0/s1. The number of likely N-dealkylation sites (N-methyl/N-ethyl adjacent to an activating group) is 1. The molecule has 6 heteroatoms. The van der Waals surface area contributed by atoms with Gasteiger partial charge in [0.05, 0.1) is 0 Å². The van der Waals surface area contributed by atoms with E-state index in [2.05, 4.69) is 4.98 Å². The largest absolute Gasteiger partial charge is 0.477 e. The van der Waals surface area contributed by atoms with Gasteiger partial charge in [0.15, 0.2) is 0 Å². The van der Waals surface area contributed by atoms with Gasteiger partial charge in [-0.2, -0.15) is 0 Å². The predicted molar refractivity (Wildman–Crippen MR) is 70.3 cm³/mol. The van der Waals surface area contributed by atoms with Gasteiger partial charge in [0.1, 0.15) is 11.7 Å². The molecule has 1 saturated heterocycles. The Labute approximate surface area is 111 Å². The van der Waals surface area contributed by atoms with Crippen LogP contribution in [0.2, 0.25) is 0 Å². The lowest BCUT2D eigenvalue weighted by molar-refractivity contribution is -0.129. The van der Waals surface area contributed by atoms with Crippen molar-refractivity contribution < 1.29 is 14.7 Å². The van der Waals surface area contributed by atoms with Gasteiger partial charge in [0.2, 0.25) is 5.91 Å². The van der Waals surface area contributed by atoms with Crippen LogP contribution in [0.4, 0.5) is 5.69 Å². The Morgan fingerprint density at radius 1 is 1.47 bits per heavy atom. The maximum absolute atomic E-state index is 12.1. The van der Waals surface area contributed by atoms with E-state index >= 15 is 0 Å². The number of anilines is 1. The van der Waals surface area contributed by atoms with Crippen molar-refractivity contribution in [3.8, 4) is 0 Å². The topological polar surface area (TPSA) is 73.7 Å². The summed E-state index contributed by atoms with van der Waals surface area (Å²) in [5.74, 6) is -1.01.